The summed E-state index contributed by atoms with van der Waals surface area (Å²) in [5.74, 6) is -0.432. The van der Waals surface area contributed by atoms with Gasteiger partial charge in [-0.1, -0.05) is 0 Å². The lowest BCUT2D eigenvalue weighted by molar-refractivity contribution is -0.148. The van der Waals surface area contributed by atoms with E-state index in [0.717, 1.165) is 6.42 Å². The lowest BCUT2D eigenvalue weighted by Gasteiger charge is -2.23. The van der Waals surface area contributed by atoms with Crippen LogP contribution in [0.1, 0.15) is 12.8 Å². The number of carboxylic acid groups (broad SMARTS) is 1. The first kappa shape index (κ1) is 12.2. The lowest BCUT2D eigenvalue weighted by Crippen LogP contribution is -2.46. The summed E-state index contributed by atoms with van der Waals surface area (Å²) in [4.78, 5) is 37.1. The Hall–Kier alpha value is -1.24. The number of amides is 2. The maximum Gasteiger partial charge on any atom is 0.327 e. The Kier molecular flexibility index (Phi) is 3.56. The van der Waals surface area contributed by atoms with E-state index in [1.54, 1.807) is 0 Å². The summed E-state index contributed by atoms with van der Waals surface area (Å²) in [5, 5.41) is 8.96. The fourth-order valence-corrected chi connectivity index (χ4v) is 3.19. The number of carbonyl (C=O) groups excluding carboxylic acids is 2. The van der Waals surface area contributed by atoms with Crippen LogP contribution in [0.3, 0.4) is 0 Å². The predicted octanol–water partition coefficient (Wildman–Crippen LogP) is -0.405. The third-order valence-corrected chi connectivity index (χ3v) is 4.00. The summed E-state index contributed by atoms with van der Waals surface area (Å²) < 4.78 is 0. The Morgan fingerprint density at radius 1 is 1.47 bits per heavy atom. The van der Waals surface area contributed by atoms with Crippen molar-refractivity contribution in [1.82, 2.24) is 9.80 Å². The summed E-state index contributed by atoms with van der Waals surface area (Å²) in [6, 6.07) is -0.745. The molecule has 2 amide bonds. The van der Waals surface area contributed by atoms with Gasteiger partial charge in [0.2, 0.25) is 11.8 Å². The van der Waals surface area contributed by atoms with Crippen molar-refractivity contribution in [2.24, 2.45) is 0 Å². The van der Waals surface area contributed by atoms with Crippen LogP contribution in [0.25, 0.3) is 0 Å². The standard InChI is InChI=1S/C10H14N2O4S/c13-8-2-1-3-11(8)4-9(14)12-6-17-5-7(12)10(15)16/h7H,1-6H2,(H,15,16)/t7-/m0/s1. The zero-order valence-electron chi connectivity index (χ0n) is 9.29. The summed E-state index contributed by atoms with van der Waals surface area (Å²) in [6.07, 6.45) is 1.27. The number of rotatable bonds is 3. The highest BCUT2D eigenvalue weighted by Gasteiger charge is 2.35. The zero-order chi connectivity index (χ0) is 12.4. The van der Waals surface area contributed by atoms with Gasteiger partial charge in [-0.15, -0.1) is 11.8 Å². The number of hydrogen-bond donors (Lipinski definition) is 1. The molecule has 17 heavy (non-hydrogen) atoms. The third-order valence-electron chi connectivity index (χ3n) is 2.99. The smallest absolute Gasteiger partial charge is 0.327 e. The van der Waals surface area contributed by atoms with Crippen LogP contribution in [0, 0.1) is 0 Å². The molecular weight excluding hydrogens is 244 g/mol. The maximum atomic E-state index is 11.9. The Bertz CT molecular complexity index is 360. The van der Waals surface area contributed by atoms with Gasteiger partial charge in [-0.05, 0) is 6.42 Å². The van der Waals surface area contributed by atoms with Gasteiger partial charge in [-0.2, -0.15) is 0 Å². The molecule has 2 fully saturated rings. The molecule has 94 valence electrons. The molecule has 2 aliphatic rings. The van der Waals surface area contributed by atoms with Crippen molar-refractivity contribution in [3.8, 4) is 0 Å². The van der Waals surface area contributed by atoms with Crippen LogP contribution in [-0.2, 0) is 14.4 Å². The van der Waals surface area contributed by atoms with E-state index in [2.05, 4.69) is 0 Å². The van der Waals surface area contributed by atoms with E-state index in [-0.39, 0.29) is 18.4 Å². The quantitative estimate of drug-likeness (QED) is 0.745. The molecule has 0 aromatic rings. The number of hydrogen-bond acceptors (Lipinski definition) is 4. The van der Waals surface area contributed by atoms with Crippen molar-refractivity contribution >= 4 is 29.5 Å². The monoisotopic (exact) mass is 258 g/mol. The number of likely N-dealkylation sites (tertiary alicyclic amines) is 1. The Morgan fingerprint density at radius 3 is 2.82 bits per heavy atom. The van der Waals surface area contributed by atoms with E-state index in [0.29, 0.717) is 24.6 Å². The molecule has 0 saturated carbocycles. The number of aliphatic carboxylic acids is 1. The fourth-order valence-electron chi connectivity index (χ4n) is 2.02. The maximum absolute atomic E-state index is 11.9. The lowest BCUT2D eigenvalue weighted by atomic mass is 10.3. The average molecular weight is 258 g/mol. The van der Waals surface area contributed by atoms with Gasteiger partial charge in [0.1, 0.15) is 6.04 Å². The van der Waals surface area contributed by atoms with Crippen LogP contribution < -0.4 is 0 Å². The van der Waals surface area contributed by atoms with Gasteiger partial charge in [0, 0.05) is 18.7 Å². The van der Waals surface area contributed by atoms with Crippen LogP contribution in [0.2, 0.25) is 0 Å². The number of carbonyl (C=O) groups is 3. The number of carboxylic acids is 1. The minimum atomic E-state index is -0.976. The summed E-state index contributed by atoms with van der Waals surface area (Å²) in [6.45, 7) is 0.618. The minimum Gasteiger partial charge on any atom is -0.480 e. The highest BCUT2D eigenvalue weighted by atomic mass is 32.2. The molecule has 0 aromatic carbocycles. The topological polar surface area (TPSA) is 77.9 Å². The molecule has 1 N–H and O–H groups in total. The van der Waals surface area contributed by atoms with Crippen molar-refractivity contribution in [1.29, 1.82) is 0 Å². The molecule has 2 saturated heterocycles. The normalized spacial score (nSPS) is 24.5. The second-order valence-corrected chi connectivity index (χ2v) is 5.14. The van der Waals surface area contributed by atoms with Gasteiger partial charge < -0.3 is 14.9 Å². The summed E-state index contributed by atoms with van der Waals surface area (Å²) in [5.41, 5.74) is 0. The summed E-state index contributed by atoms with van der Waals surface area (Å²) in [7, 11) is 0. The van der Waals surface area contributed by atoms with Gasteiger partial charge in [-0.3, -0.25) is 9.59 Å². The van der Waals surface area contributed by atoms with Crippen molar-refractivity contribution in [3.63, 3.8) is 0 Å². The second kappa shape index (κ2) is 4.95. The SMILES string of the molecule is O=C(O)[C@@H]1CSCN1C(=O)CN1CCCC1=O. The van der Waals surface area contributed by atoms with Gasteiger partial charge in [0.05, 0.1) is 12.4 Å². The Labute approximate surface area is 103 Å². The Balaban J connectivity index is 1.95. The first-order valence-electron chi connectivity index (χ1n) is 5.47. The van der Waals surface area contributed by atoms with Crippen LogP contribution in [0.5, 0.6) is 0 Å². The van der Waals surface area contributed by atoms with E-state index in [1.807, 2.05) is 0 Å². The molecule has 0 unspecified atom stereocenters. The molecule has 2 rings (SSSR count). The first-order chi connectivity index (χ1) is 8.09. The van der Waals surface area contributed by atoms with Crippen LogP contribution in [0.4, 0.5) is 0 Å². The van der Waals surface area contributed by atoms with Crippen LogP contribution in [0.15, 0.2) is 0 Å². The number of nitrogens with zero attached hydrogens (tertiary/aromatic N) is 2. The van der Waals surface area contributed by atoms with Crippen molar-refractivity contribution in [3.05, 3.63) is 0 Å². The molecule has 0 aromatic heterocycles. The van der Waals surface area contributed by atoms with Gasteiger partial charge in [0.15, 0.2) is 0 Å². The first-order valence-corrected chi connectivity index (χ1v) is 6.63. The molecule has 2 aliphatic heterocycles. The van der Waals surface area contributed by atoms with E-state index >= 15 is 0 Å². The number of thioether (sulfide) groups is 1. The largest absolute Gasteiger partial charge is 0.480 e. The average Bonchev–Trinajstić information content (AvgIpc) is 2.87. The van der Waals surface area contributed by atoms with Crippen molar-refractivity contribution < 1.29 is 19.5 Å². The Morgan fingerprint density at radius 2 is 2.24 bits per heavy atom. The van der Waals surface area contributed by atoms with E-state index < -0.39 is 12.0 Å². The van der Waals surface area contributed by atoms with Crippen molar-refractivity contribution in [2.45, 2.75) is 18.9 Å². The molecule has 0 spiro atoms. The van der Waals surface area contributed by atoms with Gasteiger partial charge in [-0.25, -0.2) is 4.79 Å². The molecule has 7 heteroatoms. The molecule has 0 bridgehead atoms. The molecule has 6 nitrogen and oxygen atoms in total. The zero-order valence-corrected chi connectivity index (χ0v) is 10.1. The van der Waals surface area contributed by atoms with E-state index in [1.165, 1.54) is 21.6 Å². The van der Waals surface area contributed by atoms with E-state index in [9.17, 15) is 14.4 Å². The van der Waals surface area contributed by atoms with Crippen LogP contribution >= 0.6 is 11.8 Å². The van der Waals surface area contributed by atoms with Gasteiger partial charge in [0.25, 0.3) is 0 Å². The molecular formula is C10H14N2O4S. The molecule has 0 aliphatic carbocycles. The molecule has 2 heterocycles. The van der Waals surface area contributed by atoms with Crippen LogP contribution in [-0.4, -0.2) is 63.5 Å². The van der Waals surface area contributed by atoms with Gasteiger partial charge >= 0.3 is 5.97 Å². The highest BCUT2D eigenvalue weighted by Crippen LogP contribution is 2.21. The molecule has 0 radical (unpaired) electrons. The predicted molar refractivity (Wildman–Crippen MR) is 61.4 cm³/mol. The van der Waals surface area contributed by atoms with Crippen molar-refractivity contribution in [2.75, 3.05) is 24.7 Å². The fraction of sp³-hybridized carbons (Fsp3) is 0.700. The summed E-state index contributed by atoms with van der Waals surface area (Å²) >= 11 is 1.43. The third kappa shape index (κ3) is 2.54. The second-order valence-electron chi connectivity index (χ2n) is 4.14. The van der Waals surface area contributed by atoms with E-state index in [4.69, 9.17) is 5.11 Å². The molecule has 1 atom stereocenters. The minimum absolute atomic E-state index is 0.0166. The highest BCUT2D eigenvalue weighted by molar-refractivity contribution is 7.99.